The van der Waals surface area contributed by atoms with Crippen LogP contribution in [0.5, 0.6) is 0 Å². The highest BCUT2D eigenvalue weighted by molar-refractivity contribution is 7.89. The van der Waals surface area contributed by atoms with Crippen LogP contribution in [0.4, 0.5) is 0 Å². The van der Waals surface area contributed by atoms with Crippen LogP contribution in [0.3, 0.4) is 0 Å². The summed E-state index contributed by atoms with van der Waals surface area (Å²) < 4.78 is 33.4. The lowest BCUT2D eigenvalue weighted by atomic mass is 9.81. The number of sulfonamides is 1. The molecule has 2 aromatic carbocycles. The second kappa shape index (κ2) is 10.4. The topological polar surface area (TPSA) is 97.7 Å². The third kappa shape index (κ3) is 5.10. The molecule has 3 heterocycles. The van der Waals surface area contributed by atoms with E-state index in [9.17, 15) is 18.0 Å². The van der Waals surface area contributed by atoms with Gasteiger partial charge in [-0.15, -0.1) is 0 Å². The maximum absolute atomic E-state index is 13.8. The van der Waals surface area contributed by atoms with Crippen LogP contribution in [0.25, 0.3) is 22.2 Å². The van der Waals surface area contributed by atoms with E-state index in [1.165, 1.54) is 24.8 Å². The van der Waals surface area contributed by atoms with Crippen molar-refractivity contribution in [3.05, 3.63) is 59.2 Å². The fourth-order valence-corrected chi connectivity index (χ4v) is 7.17. The van der Waals surface area contributed by atoms with Crippen molar-refractivity contribution >= 4 is 32.7 Å². The number of amides is 2. The number of rotatable bonds is 4. The van der Waals surface area contributed by atoms with Gasteiger partial charge in [0, 0.05) is 41.7 Å². The average Bonchev–Trinajstić information content (AvgIpc) is 3.15. The number of nitrogens with zero attached hydrogens (tertiary/aromatic N) is 2. The van der Waals surface area contributed by atoms with Crippen LogP contribution >= 0.6 is 0 Å². The molecule has 1 saturated carbocycles. The van der Waals surface area contributed by atoms with Gasteiger partial charge in [-0.05, 0) is 48.4 Å². The van der Waals surface area contributed by atoms with Crippen molar-refractivity contribution in [2.45, 2.75) is 51.0 Å². The van der Waals surface area contributed by atoms with E-state index < -0.39 is 15.9 Å². The Bertz CT molecular complexity index is 1530. The molecule has 206 valence electrons. The van der Waals surface area contributed by atoms with Crippen molar-refractivity contribution in [3.8, 4) is 11.3 Å². The minimum absolute atomic E-state index is 0.132. The van der Waals surface area contributed by atoms with E-state index in [2.05, 4.69) is 27.5 Å². The minimum Gasteiger partial charge on any atom is -0.378 e. The number of fused-ring (bicyclic) bond motifs is 5. The lowest BCUT2D eigenvalue weighted by Gasteiger charge is -2.30. The largest absolute Gasteiger partial charge is 0.378 e. The molecule has 1 atom stereocenters. The van der Waals surface area contributed by atoms with Gasteiger partial charge in [0.1, 0.15) is 0 Å². The molecule has 39 heavy (non-hydrogen) atoms. The number of carbonyl (C=O) groups excluding carboxylic acids is 2. The highest BCUT2D eigenvalue weighted by Crippen LogP contribution is 2.46. The molecule has 0 spiro atoms. The molecule has 1 unspecified atom stereocenters. The quantitative estimate of drug-likeness (QED) is 0.529. The molecule has 1 aromatic heterocycles. The van der Waals surface area contributed by atoms with Crippen molar-refractivity contribution in [2.75, 3.05) is 32.6 Å². The first-order chi connectivity index (χ1) is 18.8. The molecule has 3 aliphatic rings. The van der Waals surface area contributed by atoms with Crippen molar-refractivity contribution < 1.29 is 22.7 Å². The van der Waals surface area contributed by atoms with Crippen molar-refractivity contribution in [1.82, 2.24) is 14.2 Å². The molecular weight excluding hydrogens is 514 g/mol. The molecule has 0 radical (unpaired) electrons. The molecule has 6 rings (SSSR count). The van der Waals surface area contributed by atoms with Crippen molar-refractivity contribution in [1.29, 1.82) is 0 Å². The van der Waals surface area contributed by atoms with Gasteiger partial charge in [0.05, 0.1) is 31.1 Å². The van der Waals surface area contributed by atoms with Crippen LogP contribution in [-0.2, 0) is 32.5 Å². The Morgan fingerprint density at radius 2 is 1.74 bits per heavy atom. The van der Waals surface area contributed by atoms with Crippen LogP contribution in [0.1, 0.15) is 59.5 Å². The lowest BCUT2D eigenvalue weighted by molar-refractivity contribution is -0.140. The monoisotopic (exact) mass is 549 g/mol. The highest BCUT2D eigenvalue weighted by Gasteiger charge is 2.34. The molecule has 3 aromatic rings. The van der Waals surface area contributed by atoms with Gasteiger partial charge >= 0.3 is 0 Å². The molecule has 2 amide bonds. The number of morpholine rings is 1. The number of benzene rings is 2. The molecule has 1 aliphatic carbocycles. The number of ether oxygens (including phenoxy) is 1. The van der Waals surface area contributed by atoms with E-state index in [0.29, 0.717) is 45.2 Å². The first-order valence-corrected chi connectivity index (χ1v) is 15.8. The first kappa shape index (κ1) is 26.1. The third-order valence-electron chi connectivity index (χ3n) is 8.47. The van der Waals surface area contributed by atoms with E-state index in [0.717, 1.165) is 46.8 Å². The van der Waals surface area contributed by atoms with Gasteiger partial charge in [-0.25, -0.2) is 13.1 Å². The van der Waals surface area contributed by atoms with Gasteiger partial charge in [-0.1, -0.05) is 49.6 Å². The van der Waals surface area contributed by atoms with Crippen molar-refractivity contribution in [2.24, 2.45) is 5.92 Å². The molecule has 2 aliphatic heterocycles. The normalized spacial score (nSPS) is 20.2. The Morgan fingerprint density at radius 1 is 1.00 bits per heavy atom. The standard InChI is InChI=1S/C30H35N3O5S/c1-39(36,37)31-29(34)22-11-12-25-26(18-22)33-19-23(30(35)32-13-15-38-16-14-32)17-21-9-5-6-10-24(21)28(33)27(25)20-7-3-2-4-8-20/h5-6,9-12,18,20,23H,2-4,7-8,13-17,19H2,1H3,(H,31,34). The number of hydrogen-bond donors (Lipinski definition) is 1. The highest BCUT2D eigenvalue weighted by atomic mass is 32.2. The zero-order valence-corrected chi connectivity index (χ0v) is 23.1. The summed E-state index contributed by atoms with van der Waals surface area (Å²) in [5.41, 5.74) is 5.92. The average molecular weight is 550 g/mol. The maximum atomic E-state index is 13.8. The number of hydrogen-bond acceptors (Lipinski definition) is 5. The Kier molecular flexibility index (Phi) is 6.97. The Hall–Kier alpha value is -3.17. The van der Waals surface area contributed by atoms with E-state index in [-0.39, 0.29) is 17.4 Å². The number of aromatic nitrogens is 1. The van der Waals surface area contributed by atoms with E-state index >= 15 is 0 Å². The van der Waals surface area contributed by atoms with Gasteiger partial charge in [-0.2, -0.15) is 0 Å². The summed E-state index contributed by atoms with van der Waals surface area (Å²) in [6, 6.07) is 13.9. The maximum Gasteiger partial charge on any atom is 0.264 e. The first-order valence-electron chi connectivity index (χ1n) is 13.9. The van der Waals surface area contributed by atoms with E-state index in [1.807, 2.05) is 17.0 Å². The van der Waals surface area contributed by atoms with E-state index in [1.54, 1.807) is 12.1 Å². The Morgan fingerprint density at radius 3 is 2.49 bits per heavy atom. The summed E-state index contributed by atoms with van der Waals surface area (Å²) in [5, 5.41) is 1.09. The molecule has 1 N–H and O–H groups in total. The third-order valence-corrected chi connectivity index (χ3v) is 9.03. The second-order valence-corrected chi connectivity index (χ2v) is 12.9. The van der Waals surface area contributed by atoms with Crippen LogP contribution in [0, 0.1) is 5.92 Å². The molecule has 8 nitrogen and oxygen atoms in total. The van der Waals surface area contributed by atoms with Crippen LogP contribution in [0.2, 0.25) is 0 Å². The Balaban J connectivity index is 1.54. The van der Waals surface area contributed by atoms with Gasteiger partial charge in [-0.3, -0.25) is 9.59 Å². The SMILES string of the molecule is CS(=O)(=O)NC(=O)c1ccc2c(C3CCCCC3)c3n(c2c1)CC(C(=O)N1CCOCC1)Cc1ccccc1-3. The predicted molar refractivity (Wildman–Crippen MR) is 150 cm³/mol. The van der Waals surface area contributed by atoms with Crippen LogP contribution in [-0.4, -0.2) is 62.3 Å². The van der Waals surface area contributed by atoms with Gasteiger partial charge in [0.15, 0.2) is 0 Å². The smallest absolute Gasteiger partial charge is 0.264 e. The predicted octanol–water partition coefficient (Wildman–Crippen LogP) is 4.08. The summed E-state index contributed by atoms with van der Waals surface area (Å²) in [6.07, 6.45) is 7.46. The summed E-state index contributed by atoms with van der Waals surface area (Å²) in [7, 11) is -3.70. The van der Waals surface area contributed by atoms with Gasteiger partial charge in [0.2, 0.25) is 15.9 Å². The lowest BCUT2D eigenvalue weighted by Crippen LogP contribution is -2.45. The summed E-state index contributed by atoms with van der Waals surface area (Å²) in [5.74, 6) is -0.376. The van der Waals surface area contributed by atoms with Crippen LogP contribution in [0.15, 0.2) is 42.5 Å². The van der Waals surface area contributed by atoms with Gasteiger partial charge in [0.25, 0.3) is 5.91 Å². The molecule has 1 saturated heterocycles. The zero-order chi connectivity index (χ0) is 27.1. The van der Waals surface area contributed by atoms with Gasteiger partial charge < -0.3 is 14.2 Å². The van der Waals surface area contributed by atoms with Crippen molar-refractivity contribution in [3.63, 3.8) is 0 Å². The fourth-order valence-electron chi connectivity index (χ4n) is 6.72. The number of carbonyl (C=O) groups is 2. The summed E-state index contributed by atoms with van der Waals surface area (Å²) in [4.78, 5) is 28.6. The Labute approximate surface area is 229 Å². The minimum atomic E-state index is -3.70. The fraction of sp³-hybridized carbons (Fsp3) is 0.467. The molecule has 2 fully saturated rings. The van der Waals surface area contributed by atoms with E-state index in [4.69, 9.17) is 4.74 Å². The zero-order valence-electron chi connectivity index (χ0n) is 22.3. The molecular formula is C30H35N3O5S. The number of nitrogens with one attached hydrogen (secondary N) is 1. The van der Waals surface area contributed by atoms with Crippen LogP contribution < -0.4 is 4.72 Å². The molecule has 0 bridgehead atoms. The molecule has 9 heteroatoms. The summed E-state index contributed by atoms with van der Waals surface area (Å²) >= 11 is 0. The summed E-state index contributed by atoms with van der Waals surface area (Å²) in [6.45, 7) is 2.80. The second-order valence-electron chi connectivity index (χ2n) is 11.1.